The lowest BCUT2D eigenvalue weighted by molar-refractivity contribution is -0.119. The molecule has 1 aromatic rings. The average molecular weight is 268 g/mol. The van der Waals surface area contributed by atoms with E-state index < -0.39 is 0 Å². The maximum Gasteiger partial charge on any atom is 0.225 e. The zero-order chi connectivity index (χ0) is 13.5. The first kappa shape index (κ1) is 14.2. The summed E-state index contributed by atoms with van der Waals surface area (Å²) < 4.78 is 10.3. The Morgan fingerprint density at radius 1 is 1.28 bits per heavy atom. The summed E-state index contributed by atoms with van der Waals surface area (Å²) in [7, 11) is 3.12. The van der Waals surface area contributed by atoms with Crippen LogP contribution in [0, 0.1) is 0 Å². The third-order valence-electron chi connectivity index (χ3n) is 2.22. The van der Waals surface area contributed by atoms with Crippen LogP contribution in [0.25, 0.3) is 0 Å². The van der Waals surface area contributed by atoms with Gasteiger partial charge in [-0.05, 0) is 24.4 Å². The Labute approximate surface area is 111 Å². The monoisotopic (exact) mass is 268 g/mol. The Balaban J connectivity index is 2.73. The molecule has 0 radical (unpaired) electrons. The lowest BCUT2D eigenvalue weighted by Gasteiger charge is -2.12. The van der Waals surface area contributed by atoms with Crippen LogP contribution in [0.5, 0.6) is 11.5 Å². The number of benzene rings is 1. The summed E-state index contributed by atoms with van der Waals surface area (Å²) in [5.74, 6) is 1.09. The molecule has 0 aliphatic carbocycles. The van der Waals surface area contributed by atoms with Crippen LogP contribution < -0.4 is 20.1 Å². The van der Waals surface area contributed by atoms with Gasteiger partial charge in [-0.2, -0.15) is 0 Å². The Kier molecular flexibility index (Phi) is 5.38. The Bertz CT molecular complexity index is 449. The number of hydrogen-bond donors (Lipinski definition) is 2. The summed E-state index contributed by atoms with van der Waals surface area (Å²) in [5, 5.41) is 5.71. The number of methoxy groups -OCH3 is 2. The van der Waals surface area contributed by atoms with E-state index in [9.17, 15) is 4.79 Å². The SMILES string of the molecule is CCC(=O)NC(=S)Nc1ccc(OC)c(OC)c1. The molecule has 0 bridgehead atoms. The number of anilines is 1. The Morgan fingerprint density at radius 3 is 2.50 bits per heavy atom. The maximum atomic E-state index is 11.2. The van der Waals surface area contributed by atoms with Gasteiger partial charge in [-0.15, -0.1) is 0 Å². The van der Waals surface area contributed by atoms with Crippen LogP contribution in [0.1, 0.15) is 13.3 Å². The zero-order valence-electron chi connectivity index (χ0n) is 10.6. The minimum atomic E-state index is -0.132. The number of ether oxygens (including phenoxy) is 2. The number of hydrogen-bond acceptors (Lipinski definition) is 4. The highest BCUT2D eigenvalue weighted by Gasteiger charge is 2.06. The van der Waals surface area contributed by atoms with Crippen molar-refractivity contribution in [2.45, 2.75) is 13.3 Å². The van der Waals surface area contributed by atoms with Crippen LogP contribution in [0.4, 0.5) is 5.69 Å². The first-order valence-corrected chi connectivity index (χ1v) is 5.84. The van der Waals surface area contributed by atoms with Gasteiger partial charge in [-0.25, -0.2) is 0 Å². The maximum absolute atomic E-state index is 11.2. The molecule has 6 heteroatoms. The molecule has 0 spiro atoms. The standard InChI is InChI=1S/C12H16N2O3S/c1-4-11(15)14-12(18)13-8-5-6-9(16-2)10(7-8)17-3/h5-7H,4H2,1-3H3,(H2,13,14,15,18). The van der Waals surface area contributed by atoms with E-state index >= 15 is 0 Å². The lowest BCUT2D eigenvalue weighted by atomic mass is 10.3. The third kappa shape index (κ3) is 3.89. The average Bonchev–Trinajstić information content (AvgIpc) is 2.38. The van der Waals surface area contributed by atoms with Gasteiger partial charge in [0.1, 0.15) is 0 Å². The highest BCUT2D eigenvalue weighted by Crippen LogP contribution is 2.29. The van der Waals surface area contributed by atoms with Crippen LogP contribution in [-0.4, -0.2) is 25.2 Å². The summed E-state index contributed by atoms with van der Waals surface area (Å²) in [6, 6.07) is 5.28. The summed E-state index contributed by atoms with van der Waals surface area (Å²) in [6.45, 7) is 1.76. The zero-order valence-corrected chi connectivity index (χ0v) is 11.4. The highest BCUT2D eigenvalue weighted by molar-refractivity contribution is 7.80. The van der Waals surface area contributed by atoms with Gasteiger partial charge in [0.15, 0.2) is 16.6 Å². The summed E-state index contributed by atoms with van der Waals surface area (Å²) in [4.78, 5) is 11.2. The third-order valence-corrected chi connectivity index (χ3v) is 2.42. The number of amides is 1. The second-order valence-corrected chi connectivity index (χ2v) is 3.83. The minimum Gasteiger partial charge on any atom is -0.493 e. The van der Waals surface area contributed by atoms with Gasteiger partial charge in [0, 0.05) is 18.2 Å². The fraction of sp³-hybridized carbons (Fsp3) is 0.333. The van der Waals surface area contributed by atoms with Crippen LogP contribution in [-0.2, 0) is 4.79 Å². The van der Waals surface area contributed by atoms with Crippen LogP contribution in [0.15, 0.2) is 18.2 Å². The molecule has 1 rings (SSSR count). The van der Waals surface area contributed by atoms with E-state index in [1.54, 1.807) is 39.3 Å². The van der Waals surface area contributed by atoms with Gasteiger partial charge in [-0.1, -0.05) is 6.92 Å². The molecule has 5 nitrogen and oxygen atoms in total. The molecule has 0 atom stereocenters. The van der Waals surface area contributed by atoms with Crippen molar-refractivity contribution in [3.63, 3.8) is 0 Å². The first-order valence-electron chi connectivity index (χ1n) is 5.43. The molecule has 0 aromatic heterocycles. The number of thiocarbonyl (C=S) groups is 1. The van der Waals surface area contributed by atoms with E-state index in [-0.39, 0.29) is 11.0 Å². The molecular weight excluding hydrogens is 252 g/mol. The van der Waals surface area contributed by atoms with Crippen LogP contribution >= 0.6 is 12.2 Å². The van der Waals surface area contributed by atoms with Gasteiger partial charge >= 0.3 is 0 Å². The molecule has 1 amide bonds. The van der Waals surface area contributed by atoms with Crippen LogP contribution in [0.2, 0.25) is 0 Å². The van der Waals surface area contributed by atoms with E-state index in [4.69, 9.17) is 21.7 Å². The smallest absolute Gasteiger partial charge is 0.225 e. The molecule has 98 valence electrons. The number of carbonyl (C=O) groups excluding carboxylic acids is 1. The molecule has 0 aliphatic heterocycles. The van der Waals surface area contributed by atoms with Crippen molar-refractivity contribution in [3.05, 3.63) is 18.2 Å². The van der Waals surface area contributed by atoms with Crippen molar-refractivity contribution >= 4 is 28.9 Å². The molecule has 0 fully saturated rings. The van der Waals surface area contributed by atoms with Crippen molar-refractivity contribution in [3.8, 4) is 11.5 Å². The van der Waals surface area contributed by atoms with Crippen LogP contribution in [0.3, 0.4) is 0 Å². The Morgan fingerprint density at radius 2 is 1.94 bits per heavy atom. The second kappa shape index (κ2) is 6.80. The number of nitrogens with one attached hydrogen (secondary N) is 2. The Hall–Kier alpha value is -1.82. The molecule has 0 aliphatic rings. The topological polar surface area (TPSA) is 59.6 Å². The van der Waals surface area contributed by atoms with Gasteiger partial charge in [0.2, 0.25) is 5.91 Å². The fourth-order valence-corrected chi connectivity index (χ4v) is 1.52. The van der Waals surface area contributed by atoms with E-state index in [1.165, 1.54) is 0 Å². The van der Waals surface area contributed by atoms with Gasteiger partial charge in [0.05, 0.1) is 14.2 Å². The normalized spacial score (nSPS) is 9.50. The molecular formula is C12H16N2O3S. The van der Waals surface area contributed by atoms with Crippen molar-refractivity contribution in [1.82, 2.24) is 5.32 Å². The van der Waals surface area contributed by atoms with Gasteiger partial charge in [0.25, 0.3) is 0 Å². The van der Waals surface area contributed by atoms with Gasteiger partial charge in [-0.3, -0.25) is 4.79 Å². The van der Waals surface area contributed by atoms with Crippen molar-refractivity contribution < 1.29 is 14.3 Å². The number of rotatable bonds is 4. The van der Waals surface area contributed by atoms with E-state index in [1.807, 2.05) is 0 Å². The molecule has 18 heavy (non-hydrogen) atoms. The van der Waals surface area contributed by atoms with Crippen molar-refractivity contribution in [1.29, 1.82) is 0 Å². The molecule has 2 N–H and O–H groups in total. The molecule has 0 saturated carbocycles. The predicted octanol–water partition coefficient (Wildman–Crippen LogP) is 1.93. The largest absolute Gasteiger partial charge is 0.493 e. The molecule has 0 heterocycles. The highest BCUT2D eigenvalue weighted by atomic mass is 32.1. The molecule has 0 unspecified atom stereocenters. The van der Waals surface area contributed by atoms with E-state index in [0.29, 0.717) is 23.6 Å². The van der Waals surface area contributed by atoms with E-state index in [0.717, 1.165) is 0 Å². The number of carbonyl (C=O) groups is 1. The fourth-order valence-electron chi connectivity index (χ4n) is 1.29. The van der Waals surface area contributed by atoms with E-state index in [2.05, 4.69) is 10.6 Å². The lowest BCUT2D eigenvalue weighted by Crippen LogP contribution is -2.33. The molecule has 1 aromatic carbocycles. The van der Waals surface area contributed by atoms with Crippen molar-refractivity contribution in [2.75, 3.05) is 19.5 Å². The summed E-state index contributed by atoms with van der Waals surface area (Å²) in [5.41, 5.74) is 0.717. The minimum absolute atomic E-state index is 0.132. The molecule has 0 saturated heterocycles. The predicted molar refractivity (Wildman–Crippen MR) is 74.2 cm³/mol. The summed E-state index contributed by atoms with van der Waals surface area (Å²) in [6.07, 6.45) is 0.383. The first-order chi connectivity index (χ1) is 8.60. The summed E-state index contributed by atoms with van der Waals surface area (Å²) >= 11 is 5.00. The quantitative estimate of drug-likeness (QED) is 0.817. The second-order valence-electron chi connectivity index (χ2n) is 3.43. The van der Waals surface area contributed by atoms with Crippen molar-refractivity contribution in [2.24, 2.45) is 0 Å². The van der Waals surface area contributed by atoms with Gasteiger partial charge < -0.3 is 20.1 Å².